The third kappa shape index (κ3) is 7.41. The normalized spacial score (nSPS) is 13.0. The Morgan fingerprint density at radius 3 is 2.00 bits per heavy atom. The average Bonchev–Trinajstić information content (AvgIpc) is 1.59. The van der Waals surface area contributed by atoms with Crippen LogP contribution in [0.15, 0.2) is 12.2 Å². The molecule has 0 amide bonds. The molecule has 0 aromatic carbocycles. The standard InChI is InChI=1S/C4H7.3ClH.Sn/c1-3-4-2;;;;/h3-4H,1H2,2H3;3*1H;/q;;;;+3/p-3. The Morgan fingerprint density at radius 1 is 1.38 bits per heavy atom. The van der Waals surface area contributed by atoms with Crippen LogP contribution >= 0.6 is 26.8 Å². The minimum atomic E-state index is -2.98. The van der Waals surface area contributed by atoms with Crippen molar-refractivity contribution in [2.75, 3.05) is 0 Å². The van der Waals surface area contributed by atoms with E-state index in [0.717, 1.165) is 0 Å². The zero-order chi connectivity index (χ0) is 6.62. The molecule has 0 heterocycles. The van der Waals surface area contributed by atoms with Gasteiger partial charge in [0.25, 0.3) is 0 Å². The van der Waals surface area contributed by atoms with E-state index in [1.165, 1.54) is 0 Å². The number of hydrogen-bond donors (Lipinski definition) is 0. The molecule has 0 aliphatic rings. The van der Waals surface area contributed by atoms with Gasteiger partial charge in [-0.15, -0.1) is 0 Å². The Morgan fingerprint density at radius 2 is 1.88 bits per heavy atom. The molecule has 0 spiro atoms. The van der Waals surface area contributed by atoms with Crippen LogP contribution in [0.1, 0.15) is 6.92 Å². The van der Waals surface area contributed by atoms with Crippen LogP contribution in [0.4, 0.5) is 0 Å². The van der Waals surface area contributed by atoms with E-state index in [0.29, 0.717) is 4.44 Å². The van der Waals surface area contributed by atoms with Gasteiger partial charge in [0.2, 0.25) is 0 Å². The molecule has 0 aromatic rings. The Hall–Kier alpha value is 1.41. The summed E-state index contributed by atoms with van der Waals surface area (Å²) in [6, 6.07) is 0. The summed E-state index contributed by atoms with van der Waals surface area (Å²) in [5, 5.41) is 0. The van der Waals surface area contributed by atoms with Crippen molar-refractivity contribution in [2.24, 2.45) is 0 Å². The summed E-state index contributed by atoms with van der Waals surface area (Å²) in [5.74, 6) is 0. The van der Waals surface area contributed by atoms with E-state index in [1.807, 2.05) is 19.1 Å². The number of allylic oxidation sites excluding steroid dienone is 2. The first kappa shape index (κ1) is 9.41. The minimum absolute atomic E-state index is 0.690. The zero-order valence-electron chi connectivity index (χ0n) is 4.50. The second-order valence-corrected chi connectivity index (χ2v) is 22.9. The van der Waals surface area contributed by atoms with E-state index in [-0.39, 0.29) is 0 Å². The van der Waals surface area contributed by atoms with E-state index in [9.17, 15) is 0 Å². The summed E-state index contributed by atoms with van der Waals surface area (Å²) in [6.07, 6.45) is 3.81. The van der Waals surface area contributed by atoms with Crippen molar-refractivity contribution in [3.8, 4) is 0 Å². The topological polar surface area (TPSA) is 0 Å². The molecule has 4 heteroatoms. The van der Waals surface area contributed by atoms with Crippen LogP contribution in [0, 0.1) is 0 Å². The van der Waals surface area contributed by atoms with E-state index in [1.54, 1.807) is 0 Å². The molecule has 0 unspecified atom stereocenters. The van der Waals surface area contributed by atoms with Crippen molar-refractivity contribution in [1.82, 2.24) is 0 Å². The predicted octanol–water partition coefficient (Wildman–Crippen LogP) is 3.22. The molecule has 0 saturated carbocycles. The summed E-state index contributed by atoms with van der Waals surface area (Å²) >= 11 is -2.98. The fraction of sp³-hybridized carbons (Fsp3) is 0.500. The average molecular weight is 280 g/mol. The molecule has 0 aliphatic heterocycles. The Labute approximate surface area is 64.8 Å². The van der Waals surface area contributed by atoms with Crippen molar-refractivity contribution in [3.05, 3.63) is 12.2 Å². The van der Waals surface area contributed by atoms with Crippen molar-refractivity contribution >= 4 is 41.8 Å². The van der Waals surface area contributed by atoms with Crippen LogP contribution in [0.3, 0.4) is 0 Å². The molecule has 0 rings (SSSR count). The molecule has 0 fully saturated rings. The summed E-state index contributed by atoms with van der Waals surface area (Å²) in [7, 11) is 16.8. The van der Waals surface area contributed by atoms with E-state index < -0.39 is 15.0 Å². The van der Waals surface area contributed by atoms with Crippen LogP contribution in [0.5, 0.6) is 0 Å². The van der Waals surface area contributed by atoms with Crippen LogP contribution in [0.2, 0.25) is 4.44 Å². The quantitative estimate of drug-likeness (QED) is 0.538. The first-order valence-electron chi connectivity index (χ1n) is 2.24. The van der Waals surface area contributed by atoms with Crippen molar-refractivity contribution < 1.29 is 0 Å². The van der Waals surface area contributed by atoms with Gasteiger partial charge in [-0.25, -0.2) is 0 Å². The second kappa shape index (κ2) is 4.26. The van der Waals surface area contributed by atoms with Crippen LogP contribution in [0.25, 0.3) is 0 Å². The molecule has 0 radical (unpaired) electrons. The Balaban J connectivity index is 3.39. The summed E-state index contributed by atoms with van der Waals surface area (Å²) in [5.41, 5.74) is 0. The van der Waals surface area contributed by atoms with Gasteiger partial charge >= 0.3 is 65.3 Å². The molecule has 0 atom stereocenters. The Bertz CT molecular complexity index is 83.8. The maximum absolute atomic E-state index is 5.60. The molecule has 0 saturated heterocycles. The number of rotatable bonds is 2. The molecule has 48 valence electrons. The van der Waals surface area contributed by atoms with E-state index >= 15 is 0 Å². The third-order valence-corrected chi connectivity index (χ3v) is 5.68. The zero-order valence-corrected chi connectivity index (χ0v) is 9.62. The number of hydrogen-bond acceptors (Lipinski definition) is 0. The first-order valence-corrected chi connectivity index (χ1v) is 15.1. The Kier molecular flexibility index (Phi) is 5.01. The molecule has 0 aliphatic carbocycles. The van der Waals surface area contributed by atoms with Gasteiger partial charge in [0.05, 0.1) is 0 Å². The van der Waals surface area contributed by atoms with Crippen molar-refractivity contribution in [3.63, 3.8) is 0 Å². The van der Waals surface area contributed by atoms with E-state index in [4.69, 9.17) is 26.8 Å². The monoisotopic (exact) mass is 280 g/mol. The molecular formula is C4H7Cl3Sn. The molecular weight excluding hydrogens is 273 g/mol. The van der Waals surface area contributed by atoms with Gasteiger partial charge in [-0.2, -0.15) is 0 Å². The summed E-state index contributed by atoms with van der Waals surface area (Å²) in [4.78, 5) is 0. The van der Waals surface area contributed by atoms with Crippen LogP contribution in [-0.4, -0.2) is 15.0 Å². The fourth-order valence-corrected chi connectivity index (χ4v) is 3.48. The second-order valence-electron chi connectivity index (χ2n) is 1.39. The molecule has 0 N–H and O–H groups in total. The summed E-state index contributed by atoms with van der Waals surface area (Å²) in [6.45, 7) is 1.92. The SMILES string of the molecule is CC=C[CH2][Sn]([Cl])([Cl])[Cl]. The van der Waals surface area contributed by atoms with Gasteiger partial charge in [-0.05, 0) is 0 Å². The van der Waals surface area contributed by atoms with Crippen molar-refractivity contribution in [1.29, 1.82) is 0 Å². The van der Waals surface area contributed by atoms with Gasteiger partial charge in [0, 0.05) is 0 Å². The fourth-order valence-electron chi connectivity index (χ4n) is 0.251. The molecule has 0 aromatic heterocycles. The van der Waals surface area contributed by atoms with Gasteiger partial charge in [0.1, 0.15) is 0 Å². The molecule has 0 bridgehead atoms. The van der Waals surface area contributed by atoms with Gasteiger partial charge < -0.3 is 0 Å². The summed E-state index contributed by atoms with van der Waals surface area (Å²) < 4.78 is 0.690. The number of halogens is 3. The van der Waals surface area contributed by atoms with Crippen LogP contribution in [-0.2, 0) is 0 Å². The van der Waals surface area contributed by atoms with Crippen molar-refractivity contribution in [2.45, 2.75) is 11.4 Å². The molecule has 8 heavy (non-hydrogen) atoms. The maximum atomic E-state index is 5.60. The van der Waals surface area contributed by atoms with Gasteiger partial charge in [-0.1, -0.05) is 0 Å². The van der Waals surface area contributed by atoms with Crippen LogP contribution < -0.4 is 0 Å². The predicted molar refractivity (Wildman–Crippen MR) is 42.9 cm³/mol. The third-order valence-electron chi connectivity index (χ3n) is 0.585. The van der Waals surface area contributed by atoms with Gasteiger partial charge in [-0.3, -0.25) is 0 Å². The molecule has 0 nitrogen and oxygen atoms in total. The van der Waals surface area contributed by atoms with Gasteiger partial charge in [0.15, 0.2) is 0 Å². The van der Waals surface area contributed by atoms with E-state index in [2.05, 4.69) is 0 Å². The first-order chi connectivity index (χ1) is 3.56.